The van der Waals surface area contributed by atoms with Crippen molar-refractivity contribution in [2.45, 2.75) is 32.4 Å². The van der Waals surface area contributed by atoms with Crippen LogP contribution in [0, 0.1) is 0 Å². The highest BCUT2D eigenvalue weighted by Crippen LogP contribution is 2.32. The minimum Gasteiger partial charge on any atom is -0.377 e. The van der Waals surface area contributed by atoms with Gasteiger partial charge in [-0.05, 0) is 43.7 Å². The molecule has 0 aliphatic carbocycles. The van der Waals surface area contributed by atoms with Crippen molar-refractivity contribution in [1.82, 2.24) is 24.8 Å². The van der Waals surface area contributed by atoms with Gasteiger partial charge in [0, 0.05) is 49.3 Å². The number of ether oxygens (including phenoxy) is 1. The summed E-state index contributed by atoms with van der Waals surface area (Å²) in [5.41, 5.74) is 3.99. The van der Waals surface area contributed by atoms with Crippen molar-refractivity contribution in [3.05, 3.63) is 54.0 Å². The molecule has 1 atom stereocenters. The van der Waals surface area contributed by atoms with Crippen LogP contribution in [0.15, 0.2) is 47.7 Å². The van der Waals surface area contributed by atoms with E-state index < -0.39 is 0 Å². The maximum Gasteiger partial charge on any atom is 0.231 e. The highest BCUT2D eigenvalue weighted by atomic mass is 16.5. The number of anilines is 3. The Bertz CT molecular complexity index is 1350. The van der Waals surface area contributed by atoms with Crippen molar-refractivity contribution in [3.8, 4) is 11.4 Å². The standard InChI is InChI=1S/C27H31N9O2/c1-18-16-38-13-12-36(18)26-21-8-11-35(27-28-9-3-10-29-27)15-22(21)32-25(33-26)19-4-6-20(7-5-19)31-23-14-24(37)34(2)17-30-23/h3-7,9-10,18H,8,11-17H2,1-2H3,(H,30,31). The summed E-state index contributed by atoms with van der Waals surface area (Å²) in [4.78, 5) is 41.6. The third-order valence-electron chi connectivity index (χ3n) is 7.17. The molecule has 6 rings (SSSR count). The second-order valence-electron chi connectivity index (χ2n) is 9.85. The molecule has 3 aromatic rings. The summed E-state index contributed by atoms with van der Waals surface area (Å²) in [7, 11) is 1.76. The zero-order valence-corrected chi connectivity index (χ0v) is 21.7. The predicted octanol–water partition coefficient (Wildman–Crippen LogP) is 2.35. The monoisotopic (exact) mass is 513 g/mol. The first kappa shape index (κ1) is 24.2. The number of nitrogens with zero attached hydrogens (tertiary/aromatic N) is 8. The van der Waals surface area contributed by atoms with Gasteiger partial charge >= 0.3 is 0 Å². The van der Waals surface area contributed by atoms with Gasteiger partial charge in [0.25, 0.3) is 0 Å². The van der Waals surface area contributed by atoms with E-state index in [1.54, 1.807) is 24.3 Å². The van der Waals surface area contributed by atoms with Gasteiger partial charge in [-0.3, -0.25) is 9.79 Å². The first-order valence-electron chi connectivity index (χ1n) is 13.0. The number of amides is 1. The van der Waals surface area contributed by atoms with Crippen LogP contribution in [0.5, 0.6) is 0 Å². The number of hydrogen-bond acceptors (Lipinski definition) is 10. The van der Waals surface area contributed by atoms with Crippen LogP contribution in [0.2, 0.25) is 0 Å². The molecule has 3 aliphatic rings. The maximum atomic E-state index is 12.0. The number of aliphatic imine (C=N–C) groups is 1. The zero-order chi connectivity index (χ0) is 26.1. The second kappa shape index (κ2) is 10.3. The molecule has 38 heavy (non-hydrogen) atoms. The smallest absolute Gasteiger partial charge is 0.231 e. The summed E-state index contributed by atoms with van der Waals surface area (Å²) in [5.74, 6) is 3.13. The van der Waals surface area contributed by atoms with Crippen molar-refractivity contribution in [1.29, 1.82) is 0 Å². The molecular weight excluding hydrogens is 482 g/mol. The topological polar surface area (TPSA) is 112 Å². The molecule has 1 N–H and O–H groups in total. The molecule has 0 bridgehead atoms. The predicted molar refractivity (Wildman–Crippen MR) is 145 cm³/mol. The summed E-state index contributed by atoms with van der Waals surface area (Å²) in [6.07, 6.45) is 4.64. The van der Waals surface area contributed by atoms with Crippen molar-refractivity contribution in [3.63, 3.8) is 0 Å². The Morgan fingerprint density at radius 1 is 1.08 bits per heavy atom. The molecule has 1 fully saturated rings. The summed E-state index contributed by atoms with van der Waals surface area (Å²) >= 11 is 0. The Labute approximate surface area is 221 Å². The van der Waals surface area contributed by atoms with E-state index in [9.17, 15) is 4.79 Å². The fourth-order valence-corrected chi connectivity index (χ4v) is 5.00. The van der Waals surface area contributed by atoms with Crippen LogP contribution >= 0.6 is 0 Å². The molecule has 0 radical (unpaired) electrons. The lowest BCUT2D eigenvalue weighted by atomic mass is 10.0. The number of hydrogen-bond donors (Lipinski definition) is 1. The van der Waals surface area contributed by atoms with E-state index >= 15 is 0 Å². The van der Waals surface area contributed by atoms with E-state index in [4.69, 9.17) is 14.7 Å². The molecule has 0 saturated carbocycles. The molecule has 1 amide bonds. The van der Waals surface area contributed by atoms with E-state index in [1.165, 1.54) is 5.56 Å². The molecule has 2 aromatic heterocycles. The Hall–Kier alpha value is -4.12. The van der Waals surface area contributed by atoms with Crippen molar-refractivity contribution < 1.29 is 9.53 Å². The van der Waals surface area contributed by atoms with Crippen molar-refractivity contribution in [2.24, 2.45) is 4.99 Å². The lowest BCUT2D eigenvalue weighted by Crippen LogP contribution is -2.45. The van der Waals surface area contributed by atoms with Gasteiger partial charge in [-0.1, -0.05) is 0 Å². The minimum atomic E-state index is 0.0568. The van der Waals surface area contributed by atoms with Crippen molar-refractivity contribution in [2.75, 3.05) is 55.1 Å². The van der Waals surface area contributed by atoms with Crippen LogP contribution < -0.4 is 15.1 Å². The summed E-state index contributed by atoms with van der Waals surface area (Å²) in [6.45, 7) is 6.16. The highest BCUT2D eigenvalue weighted by Gasteiger charge is 2.29. The molecule has 11 nitrogen and oxygen atoms in total. The van der Waals surface area contributed by atoms with Gasteiger partial charge in [0.1, 0.15) is 18.3 Å². The number of fused-ring (bicyclic) bond motifs is 1. The van der Waals surface area contributed by atoms with E-state index in [-0.39, 0.29) is 18.4 Å². The average Bonchev–Trinajstić information content (AvgIpc) is 2.95. The fourth-order valence-electron chi connectivity index (χ4n) is 5.00. The Kier molecular flexibility index (Phi) is 6.59. The molecule has 1 unspecified atom stereocenters. The molecule has 196 valence electrons. The van der Waals surface area contributed by atoms with Gasteiger partial charge in [-0.25, -0.2) is 19.9 Å². The Morgan fingerprint density at radius 3 is 2.66 bits per heavy atom. The third-order valence-corrected chi connectivity index (χ3v) is 7.17. The zero-order valence-electron chi connectivity index (χ0n) is 21.7. The van der Waals surface area contributed by atoms with E-state index in [0.29, 0.717) is 44.0 Å². The van der Waals surface area contributed by atoms with Gasteiger partial charge in [0.05, 0.1) is 37.9 Å². The molecule has 0 spiro atoms. The van der Waals surface area contributed by atoms with Gasteiger partial charge in [0.2, 0.25) is 11.9 Å². The van der Waals surface area contributed by atoms with Crippen LogP contribution in [0.25, 0.3) is 11.4 Å². The van der Waals surface area contributed by atoms with Crippen LogP contribution in [-0.4, -0.2) is 82.6 Å². The largest absolute Gasteiger partial charge is 0.377 e. The van der Waals surface area contributed by atoms with E-state index in [2.05, 4.69) is 37.0 Å². The van der Waals surface area contributed by atoms with Crippen LogP contribution in [0.4, 0.5) is 17.5 Å². The first-order valence-corrected chi connectivity index (χ1v) is 13.0. The Morgan fingerprint density at radius 2 is 1.89 bits per heavy atom. The van der Waals surface area contributed by atoms with E-state index in [1.807, 2.05) is 30.3 Å². The lowest BCUT2D eigenvalue weighted by molar-refractivity contribution is -0.128. The lowest BCUT2D eigenvalue weighted by Gasteiger charge is -2.37. The fraction of sp³-hybridized carbons (Fsp3) is 0.407. The molecule has 3 aliphatic heterocycles. The number of carbonyl (C=O) groups is 1. The number of carbonyl (C=O) groups excluding carboxylic acids is 1. The van der Waals surface area contributed by atoms with Gasteiger partial charge in [0.15, 0.2) is 5.82 Å². The Balaban J connectivity index is 1.31. The average molecular weight is 514 g/mol. The minimum absolute atomic E-state index is 0.0568. The first-order chi connectivity index (χ1) is 18.5. The molecule has 11 heteroatoms. The SMILES string of the molecule is CC1COCCN1c1nc(-c2ccc(NC3=NCN(C)C(=O)C3)cc2)nc2c1CCN(c1ncccn1)C2. The summed E-state index contributed by atoms with van der Waals surface area (Å²) in [5, 5.41) is 3.27. The third kappa shape index (κ3) is 4.89. The number of nitrogens with one attached hydrogen (secondary N) is 1. The molecule has 1 saturated heterocycles. The van der Waals surface area contributed by atoms with Crippen LogP contribution in [0.3, 0.4) is 0 Å². The van der Waals surface area contributed by atoms with Gasteiger partial charge in [-0.15, -0.1) is 0 Å². The van der Waals surface area contributed by atoms with Gasteiger partial charge < -0.3 is 24.8 Å². The molecule has 1 aromatic carbocycles. The number of aromatic nitrogens is 4. The normalized spacial score (nSPS) is 19.7. The van der Waals surface area contributed by atoms with Crippen molar-refractivity contribution >= 4 is 29.2 Å². The number of rotatable bonds is 4. The second-order valence-corrected chi connectivity index (χ2v) is 9.85. The summed E-state index contributed by atoms with van der Waals surface area (Å²) < 4.78 is 5.71. The summed E-state index contributed by atoms with van der Waals surface area (Å²) in [6, 6.07) is 10.0. The molecule has 5 heterocycles. The van der Waals surface area contributed by atoms with Crippen LogP contribution in [0.1, 0.15) is 24.6 Å². The number of amidine groups is 1. The van der Waals surface area contributed by atoms with Gasteiger partial charge in [-0.2, -0.15) is 0 Å². The molecular formula is C27H31N9O2. The quantitative estimate of drug-likeness (QED) is 0.562. The maximum absolute atomic E-state index is 12.0. The van der Waals surface area contributed by atoms with Crippen LogP contribution in [-0.2, 0) is 22.5 Å². The number of morpholine rings is 1. The van der Waals surface area contributed by atoms with E-state index in [0.717, 1.165) is 42.3 Å². The highest BCUT2D eigenvalue weighted by molar-refractivity contribution is 6.07. The number of benzene rings is 1.